The molecule has 0 aliphatic carbocycles. The Morgan fingerprint density at radius 2 is 2.33 bits per heavy atom. The molecule has 0 aliphatic rings. The summed E-state index contributed by atoms with van der Waals surface area (Å²) in [5.41, 5.74) is 0. The summed E-state index contributed by atoms with van der Waals surface area (Å²) >= 11 is 0. The summed E-state index contributed by atoms with van der Waals surface area (Å²) < 4.78 is 0. The highest BCUT2D eigenvalue weighted by Gasteiger charge is 1.74. The molecule has 0 radical (unpaired) electrons. The first kappa shape index (κ1) is 8.19. The molecular formula is C8H12O. The van der Waals surface area contributed by atoms with Crippen LogP contribution >= 0.6 is 0 Å². The molecule has 0 aliphatic heterocycles. The Labute approximate surface area is 56.1 Å². The van der Waals surface area contributed by atoms with Crippen LogP contribution in [0.2, 0.25) is 0 Å². The van der Waals surface area contributed by atoms with E-state index < -0.39 is 0 Å². The van der Waals surface area contributed by atoms with Crippen LogP contribution in [0.4, 0.5) is 0 Å². The second kappa shape index (κ2) is 7.19. The van der Waals surface area contributed by atoms with Crippen molar-refractivity contribution in [1.82, 2.24) is 0 Å². The van der Waals surface area contributed by atoms with Crippen LogP contribution in [0.25, 0.3) is 0 Å². The molecule has 0 saturated heterocycles. The third-order valence-electron chi connectivity index (χ3n) is 1.02. The summed E-state index contributed by atoms with van der Waals surface area (Å²) in [6, 6.07) is 0. The van der Waals surface area contributed by atoms with Crippen molar-refractivity contribution in [3.63, 3.8) is 0 Å². The zero-order valence-corrected chi connectivity index (χ0v) is 5.76. The van der Waals surface area contributed by atoms with Crippen LogP contribution in [0, 0.1) is 0 Å². The standard InChI is InChI=1S/C8H12O/c1-2-3-4-5-6-7-8-9/h5-7H,2-4H2,1H3. The number of allylic oxidation sites excluding steroid dienone is 3. The Morgan fingerprint density at radius 3 is 2.89 bits per heavy atom. The van der Waals surface area contributed by atoms with Gasteiger partial charge in [0.2, 0.25) is 0 Å². The second-order valence-electron chi connectivity index (χ2n) is 1.85. The van der Waals surface area contributed by atoms with E-state index in [2.05, 4.69) is 6.92 Å². The normalized spacial score (nSPS) is 9.44. The molecule has 0 aromatic carbocycles. The van der Waals surface area contributed by atoms with Gasteiger partial charge in [-0.15, -0.1) is 0 Å². The Morgan fingerprint density at radius 1 is 1.56 bits per heavy atom. The lowest BCUT2D eigenvalue weighted by molar-refractivity contribution is 0.569. The van der Waals surface area contributed by atoms with E-state index in [1.165, 1.54) is 18.9 Å². The molecule has 0 rings (SSSR count). The van der Waals surface area contributed by atoms with Crippen molar-refractivity contribution in [2.45, 2.75) is 26.2 Å². The maximum atomic E-state index is 9.61. The zero-order chi connectivity index (χ0) is 6.95. The highest BCUT2D eigenvalue weighted by molar-refractivity contribution is 5.48. The van der Waals surface area contributed by atoms with E-state index in [0.717, 1.165) is 6.42 Å². The summed E-state index contributed by atoms with van der Waals surface area (Å²) in [6.07, 6.45) is 8.57. The SMILES string of the molecule is CCCCC=CC=C=O. The average Bonchev–Trinajstić information content (AvgIpc) is 1.89. The van der Waals surface area contributed by atoms with Gasteiger partial charge < -0.3 is 0 Å². The molecule has 0 saturated carbocycles. The Balaban J connectivity index is 3.14. The third-order valence-corrected chi connectivity index (χ3v) is 1.02. The van der Waals surface area contributed by atoms with E-state index in [-0.39, 0.29) is 0 Å². The van der Waals surface area contributed by atoms with Gasteiger partial charge >= 0.3 is 0 Å². The van der Waals surface area contributed by atoms with Gasteiger partial charge in [-0.1, -0.05) is 31.9 Å². The highest BCUT2D eigenvalue weighted by atomic mass is 16.1. The molecule has 0 unspecified atom stereocenters. The van der Waals surface area contributed by atoms with E-state index in [4.69, 9.17) is 0 Å². The molecule has 50 valence electrons. The van der Waals surface area contributed by atoms with Gasteiger partial charge in [0.25, 0.3) is 0 Å². The fourth-order valence-corrected chi connectivity index (χ4v) is 0.526. The van der Waals surface area contributed by atoms with Crippen LogP contribution in [-0.4, -0.2) is 5.94 Å². The van der Waals surface area contributed by atoms with Gasteiger partial charge in [0.15, 0.2) is 0 Å². The molecular weight excluding hydrogens is 112 g/mol. The van der Waals surface area contributed by atoms with Crippen molar-refractivity contribution in [3.05, 3.63) is 18.2 Å². The molecule has 0 bridgehead atoms. The van der Waals surface area contributed by atoms with Gasteiger partial charge in [-0.3, -0.25) is 0 Å². The third kappa shape index (κ3) is 7.19. The molecule has 0 amide bonds. The van der Waals surface area contributed by atoms with Crippen LogP contribution in [0.1, 0.15) is 26.2 Å². The molecule has 0 N–H and O–H groups in total. The Hall–Kier alpha value is -0.810. The van der Waals surface area contributed by atoms with Crippen LogP contribution in [-0.2, 0) is 4.79 Å². The topological polar surface area (TPSA) is 17.1 Å². The minimum atomic E-state index is 1.06. The number of rotatable bonds is 4. The predicted octanol–water partition coefficient (Wildman–Crippen LogP) is 2.12. The van der Waals surface area contributed by atoms with Crippen LogP contribution < -0.4 is 0 Å². The van der Waals surface area contributed by atoms with Crippen molar-refractivity contribution < 1.29 is 4.79 Å². The van der Waals surface area contributed by atoms with Gasteiger partial charge in [0.05, 0.1) is 0 Å². The molecule has 1 heteroatoms. The first-order chi connectivity index (χ1) is 4.41. The summed E-state index contributed by atoms with van der Waals surface area (Å²) in [5, 5.41) is 0. The van der Waals surface area contributed by atoms with Crippen molar-refractivity contribution in [2.24, 2.45) is 0 Å². The van der Waals surface area contributed by atoms with E-state index in [1.54, 1.807) is 12.0 Å². The largest absolute Gasteiger partial charge is 0.234 e. The minimum Gasteiger partial charge on any atom is -0.234 e. The first-order valence-electron chi connectivity index (χ1n) is 3.27. The van der Waals surface area contributed by atoms with Gasteiger partial charge in [0.1, 0.15) is 5.94 Å². The first-order valence-corrected chi connectivity index (χ1v) is 3.27. The van der Waals surface area contributed by atoms with Gasteiger partial charge in [-0.05, 0) is 6.42 Å². The molecule has 0 spiro atoms. The number of hydrogen-bond donors (Lipinski definition) is 0. The van der Waals surface area contributed by atoms with Gasteiger partial charge in [0, 0.05) is 6.08 Å². The quantitative estimate of drug-likeness (QED) is 0.319. The summed E-state index contributed by atoms with van der Waals surface area (Å²) in [4.78, 5) is 9.61. The van der Waals surface area contributed by atoms with E-state index in [0.29, 0.717) is 0 Å². The van der Waals surface area contributed by atoms with Gasteiger partial charge in [-0.25, -0.2) is 4.79 Å². The average molecular weight is 124 g/mol. The lowest BCUT2D eigenvalue weighted by atomic mass is 10.2. The molecule has 0 aromatic rings. The van der Waals surface area contributed by atoms with E-state index >= 15 is 0 Å². The number of unbranched alkanes of at least 4 members (excludes halogenated alkanes) is 2. The lowest BCUT2D eigenvalue weighted by Gasteiger charge is -1.83. The van der Waals surface area contributed by atoms with Crippen molar-refractivity contribution in [1.29, 1.82) is 0 Å². The van der Waals surface area contributed by atoms with E-state index in [1.807, 2.05) is 6.08 Å². The van der Waals surface area contributed by atoms with Crippen LogP contribution in [0.5, 0.6) is 0 Å². The monoisotopic (exact) mass is 124 g/mol. The molecule has 0 atom stereocenters. The van der Waals surface area contributed by atoms with Crippen molar-refractivity contribution in [2.75, 3.05) is 0 Å². The number of carbonyl (C=O) groups excluding carboxylic acids is 1. The molecule has 1 nitrogen and oxygen atoms in total. The molecule has 0 aromatic heterocycles. The van der Waals surface area contributed by atoms with Crippen LogP contribution in [0.3, 0.4) is 0 Å². The Kier molecular flexibility index (Phi) is 6.54. The molecule has 9 heavy (non-hydrogen) atoms. The second-order valence-corrected chi connectivity index (χ2v) is 1.85. The fourth-order valence-electron chi connectivity index (χ4n) is 0.526. The molecule has 0 fully saturated rings. The highest BCUT2D eigenvalue weighted by Crippen LogP contribution is 1.93. The van der Waals surface area contributed by atoms with E-state index in [9.17, 15) is 4.79 Å². The summed E-state index contributed by atoms with van der Waals surface area (Å²) in [5.74, 6) is 1.68. The maximum absolute atomic E-state index is 9.61. The smallest absolute Gasteiger partial charge is 0.124 e. The predicted molar refractivity (Wildman–Crippen MR) is 38.9 cm³/mol. The zero-order valence-electron chi connectivity index (χ0n) is 5.76. The lowest BCUT2D eigenvalue weighted by Crippen LogP contribution is -1.64. The molecule has 0 heterocycles. The van der Waals surface area contributed by atoms with Crippen LogP contribution in [0.15, 0.2) is 18.2 Å². The maximum Gasteiger partial charge on any atom is 0.124 e. The summed E-state index contributed by atoms with van der Waals surface area (Å²) in [7, 11) is 0. The minimum absolute atomic E-state index is 1.06. The number of hydrogen-bond acceptors (Lipinski definition) is 1. The summed E-state index contributed by atoms with van der Waals surface area (Å²) in [6.45, 7) is 2.14. The van der Waals surface area contributed by atoms with Crippen molar-refractivity contribution >= 4 is 5.94 Å². The fraction of sp³-hybridized carbons (Fsp3) is 0.500. The Bertz CT molecular complexity index is 119. The van der Waals surface area contributed by atoms with Gasteiger partial charge in [-0.2, -0.15) is 0 Å². The van der Waals surface area contributed by atoms with Crippen molar-refractivity contribution in [3.8, 4) is 0 Å².